The van der Waals surface area contributed by atoms with Gasteiger partial charge in [0.2, 0.25) is 0 Å². The number of aryl methyl sites for hydroxylation is 1. The molecule has 2 heteroatoms. The van der Waals surface area contributed by atoms with Gasteiger partial charge in [-0.2, -0.15) is 0 Å². The van der Waals surface area contributed by atoms with Crippen LogP contribution in [0, 0.1) is 13.8 Å². The van der Waals surface area contributed by atoms with Gasteiger partial charge in [0.25, 0.3) is 0 Å². The molecule has 0 N–H and O–H groups in total. The van der Waals surface area contributed by atoms with Crippen molar-refractivity contribution >= 4 is 18.1 Å². The van der Waals surface area contributed by atoms with Crippen LogP contribution in [-0.2, 0) is 9.53 Å². The van der Waals surface area contributed by atoms with Gasteiger partial charge < -0.3 is 4.74 Å². The molecule has 172 valence electrons. The van der Waals surface area contributed by atoms with Gasteiger partial charge in [-0.05, 0) is 85.9 Å². The van der Waals surface area contributed by atoms with E-state index in [4.69, 9.17) is 4.74 Å². The second-order valence-corrected chi connectivity index (χ2v) is 9.86. The van der Waals surface area contributed by atoms with Gasteiger partial charge in [-0.1, -0.05) is 85.8 Å². The summed E-state index contributed by atoms with van der Waals surface area (Å²) >= 11 is 0. The second kappa shape index (κ2) is 10.7. The summed E-state index contributed by atoms with van der Waals surface area (Å²) in [6.07, 6.45) is 5.62. The number of rotatable bonds is 7. The van der Waals surface area contributed by atoms with Crippen LogP contribution in [0.2, 0.25) is 0 Å². The fourth-order valence-electron chi connectivity index (χ4n) is 3.98. The smallest absolute Gasteiger partial charge is 0.306 e. The van der Waals surface area contributed by atoms with E-state index < -0.39 is 5.60 Å². The molecular formula is C31H36O2. The van der Waals surface area contributed by atoms with Crippen LogP contribution in [0.3, 0.4) is 0 Å². The van der Waals surface area contributed by atoms with Crippen LogP contribution < -0.4 is 0 Å². The lowest BCUT2D eigenvalue weighted by Gasteiger charge is -2.20. The molecule has 0 aliphatic carbocycles. The van der Waals surface area contributed by atoms with E-state index in [2.05, 4.69) is 93.6 Å². The molecule has 3 rings (SSSR count). The molecule has 0 aromatic heterocycles. The van der Waals surface area contributed by atoms with Crippen LogP contribution in [0.25, 0.3) is 23.3 Å². The first kappa shape index (κ1) is 24.5. The Morgan fingerprint density at radius 3 is 2.30 bits per heavy atom. The first-order valence-electron chi connectivity index (χ1n) is 11.8. The zero-order valence-electron chi connectivity index (χ0n) is 20.8. The van der Waals surface area contributed by atoms with Gasteiger partial charge in [0.1, 0.15) is 5.60 Å². The standard InChI is InChI=1S/C31H36O2/c1-22-15-17-27(23(2)16-20-30(32)33-31(4,5)6)21-28(22)19-18-25-13-10-14-29(24(25)3)26-11-8-7-9-12-26/h7-15,17-19,21,23H,16,20H2,1-6H3/b19-18+. The second-order valence-electron chi connectivity index (χ2n) is 9.86. The summed E-state index contributed by atoms with van der Waals surface area (Å²) in [5, 5.41) is 0. The van der Waals surface area contributed by atoms with E-state index in [-0.39, 0.29) is 11.9 Å². The van der Waals surface area contributed by atoms with Crippen molar-refractivity contribution in [3.8, 4) is 11.1 Å². The van der Waals surface area contributed by atoms with Gasteiger partial charge in [0.05, 0.1) is 0 Å². The van der Waals surface area contributed by atoms with Crippen LogP contribution in [0.5, 0.6) is 0 Å². The average Bonchev–Trinajstić information content (AvgIpc) is 2.77. The molecule has 2 nitrogen and oxygen atoms in total. The van der Waals surface area contributed by atoms with Gasteiger partial charge in [-0.25, -0.2) is 0 Å². The molecule has 0 fully saturated rings. The topological polar surface area (TPSA) is 26.3 Å². The molecule has 33 heavy (non-hydrogen) atoms. The minimum absolute atomic E-state index is 0.129. The van der Waals surface area contributed by atoms with Crippen molar-refractivity contribution in [2.75, 3.05) is 0 Å². The Balaban J connectivity index is 1.76. The summed E-state index contributed by atoms with van der Waals surface area (Å²) in [6, 6.07) is 23.6. The first-order chi connectivity index (χ1) is 15.6. The third-order valence-electron chi connectivity index (χ3n) is 5.98. The van der Waals surface area contributed by atoms with E-state index in [0.717, 1.165) is 6.42 Å². The maximum atomic E-state index is 12.1. The zero-order valence-corrected chi connectivity index (χ0v) is 20.8. The number of carbonyl (C=O) groups is 1. The van der Waals surface area contributed by atoms with Crippen LogP contribution in [0.15, 0.2) is 66.7 Å². The van der Waals surface area contributed by atoms with Crippen LogP contribution in [0.4, 0.5) is 0 Å². The summed E-state index contributed by atoms with van der Waals surface area (Å²) in [4.78, 5) is 12.1. The molecule has 0 aliphatic rings. The Kier molecular flexibility index (Phi) is 7.92. The molecule has 0 radical (unpaired) electrons. The molecule has 1 atom stereocenters. The fraction of sp³-hybridized carbons (Fsp3) is 0.323. The monoisotopic (exact) mass is 440 g/mol. The molecule has 0 aliphatic heterocycles. The lowest BCUT2D eigenvalue weighted by atomic mass is 9.92. The summed E-state index contributed by atoms with van der Waals surface area (Å²) in [5.74, 6) is 0.156. The maximum Gasteiger partial charge on any atom is 0.306 e. The largest absolute Gasteiger partial charge is 0.460 e. The lowest BCUT2D eigenvalue weighted by molar-refractivity contribution is -0.155. The number of ether oxygens (including phenoxy) is 1. The van der Waals surface area contributed by atoms with Crippen molar-refractivity contribution in [1.82, 2.24) is 0 Å². The number of hydrogen-bond acceptors (Lipinski definition) is 2. The molecule has 3 aromatic carbocycles. The molecule has 0 spiro atoms. The van der Waals surface area contributed by atoms with Gasteiger partial charge >= 0.3 is 5.97 Å². The quantitative estimate of drug-likeness (QED) is 0.272. The van der Waals surface area contributed by atoms with Gasteiger partial charge in [0, 0.05) is 6.42 Å². The minimum Gasteiger partial charge on any atom is -0.460 e. The Morgan fingerprint density at radius 1 is 0.909 bits per heavy atom. The summed E-state index contributed by atoms with van der Waals surface area (Å²) < 4.78 is 5.46. The van der Waals surface area contributed by atoms with Crippen molar-refractivity contribution < 1.29 is 9.53 Å². The highest BCUT2D eigenvalue weighted by Crippen LogP contribution is 2.28. The third kappa shape index (κ3) is 6.92. The van der Waals surface area contributed by atoms with E-state index in [1.807, 2.05) is 26.8 Å². The Bertz CT molecular complexity index is 1120. The van der Waals surface area contributed by atoms with Crippen LogP contribution in [0.1, 0.15) is 74.3 Å². The molecule has 0 heterocycles. The van der Waals surface area contributed by atoms with E-state index in [9.17, 15) is 4.79 Å². The molecule has 0 amide bonds. The Labute approximate surface area is 199 Å². The van der Waals surface area contributed by atoms with Gasteiger partial charge in [-0.15, -0.1) is 0 Å². The highest BCUT2D eigenvalue weighted by atomic mass is 16.6. The van der Waals surface area contributed by atoms with Crippen molar-refractivity contribution in [3.05, 3.63) is 94.5 Å². The van der Waals surface area contributed by atoms with E-state index >= 15 is 0 Å². The summed E-state index contributed by atoms with van der Waals surface area (Å²) in [7, 11) is 0. The van der Waals surface area contributed by atoms with Gasteiger partial charge in [-0.3, -0.25) is 4.79 Å². The Morgan fingerprint density at radius 2 is 1.61 bits per heavy atom. The molecule has 0 bridgehead atoms. The van der Waals surface area contributed by atoms with E-state index in [0.29, 0.717) is 6.42 Å². The molecular weight excluding hydrogens is 404 g/mol. The molecule has 0 saturated heterocycles. The average molecular weight is 441 g/mol. The third-order valence-corrected chi connectivity index (χ3v) is 5.98. The van der Waals surface area contributed by atoms with Crippen molar-refractivity contribution in [1.29, 1.82) is 0 Å². The highest BCUT2D eigenvalue weighted by Gasteiger charge is 2.17. The van der Waals surface area contributed by atoms with Crippen molar-refractivity contribution in [2.45, 2.75) is 65.9 Å². The van der Waals surface area contributed by atoms with E-state index in [1.54, 1.807) is 0 Å². The van der Waals surface area contributed by atoms with E-state index in [1.165, 1.54) is 38.9 Å². The number of hydrogen-bond donors (Lipinski definition) is 0. The van der Waals surface area contributed by atoms with Crippen LogP contribution >= 0.6 is 0 Å². The highest BCUT2D eigenvalue weighted by molar-refractivity contribution is 5.78. The molecule has 3 aromatic rings. The fourth-order valence-corrected chi connectivity index (χ4v) is 3.98. The predicted octanol–water partition coefficient (Wildman–Crippen LogP) is 8.37. The lowest BCUT2D eigenvalue weighted by Crippen LogP contribution is -2.23. The van der Waals surface area contributed by atoms with Gasteiger partial charge in [0.15, 0.2) is 0 Å². The summed E-state index contributed by atoms with van der Waals surface area (Å²) in [6.45, 7) is 12.2. The normalized spacial score (nSPS) is 12.7. The predicted molar refractivity (Wildman–Crippen MR) is 140 cm³/mol. The van der Waals surface area contributed by atoms with Crippen LogP contribution in [-0.4, -0.2) is 11.6 Å². The van der Waals surface area contributed by atoms with Crippen molar-refractivity contribution in [2.24, 2.45) is 0 Å². The maximum absolute atomic E-state index is 12.1. The zero-order chi connectivity index (χ0) is 24.0. The molecule has 1 unspecified atom stereocenters. The minimum atomic E-state index is -0.432. The van der Waals surface area contributed by atoms with Crippen molar-refractivity contribution in [3.63, 3.8) is 0 Å². The number of esters is 1. The summed E-state index contributed by atoms with van der Waals surface area (Å²) in [5.41, 5.74) is 8.27. The first-order valence-corrected chi connectivity index (χ1v) is 11.8. The number of benzene rings is 3. The Hall–Kier alpha value is -3.13. The molecule has 0 saturated carbocycles. The SMILES string of the molecule is Cc1ccc(C(C)CCC(=O)OC(C)(C)C)cc1/C=C/c1cccc(-c2ccccc2)c1C. The number of carbonyl (C=O) groups excluding carboxylic acids is 1.